The van der Waals surface area contributed by atoms with Gasteiger partial charge in [0.25, 0.3) is 0 Å². The van der Waals surface area contributed by atoms with Gasteiger partial charge in [0.15, 0.2) is 11.9 Å². The second-order valence-electron chi connectivity index (χ2n) is 9.50. The van der Waals surface area contributed by atoms with Crippen molar-refractivity contribution in [2.24, 2.45) is 7.05 Å². The highest BCUT2D eigenvalue weighted by atomic mass is 28.3. The van der Waals surface area contributed by atoms with E-state index in [2.05, 4.69) is 94.6 Å². The number of aryl methyl sites for hydroxylation is 2. The Bertz CT molecular complexity index is 1110. The minimum Gasteiger partial charge on any atom is -0.238 e. The average molecular weight is 388 g/mol. The molecular formula is C25H31N2Si+. The summed E-state index contributed by atoms with van der Waals surface area (Å²) in [4.78, 5) is 3.69. The van der Waals surface area contributed by atoms with E-state index < -0.39 is 8.07 Å². The standard InChI is InChI=1S/C25H31N2Si/c1-17-14-20(26-6)16-23(18(17)2)24-22-11-10-21(28(8,9)25(3,4)5)15-19(22)12-13-27(24)7/h10-16H,1-5,7-9H3/q+1. The second kappa shape index (κ2) is 6.86. The zero-order valence-electron chi connectivity index (χ0n) is 18.4. The van der Waals surface area contributed by atoms with E-state index in [-0.39, 0.29) is 0 Å². The summed E-state index contributed by atoms with van der Waals surface area (Å²) >= 11 is 0. The van der Waals surface area contributed by atoms with Gasteiger partial charge in [-0.05, 0) is 42.0 Å². The van der Waals surface area contributed by atoms with E-state index in [9.17, 15) is 0 Å². The molecule has 0 fully saturated rings. The number of aromatic nitrogens is 1. The van der Waals surface area contributed by atoms with E-state index >= 15 is 0 Å². The molecule has 2 nitrogen and oxygen atoms in total. The molecule has 0 atom stereocenters. The zero-order chi connectivity index (χ0) is 20.9. The Kier molecular flexibility index (Phi) is 4.98. The molecule has 3 aromatic rings. The molecule has 0 N–H and O–H groups in total. The fraction of sp³-hybridized carbons (Fsp3) is 0.360. The Morgan fingerprint density at radius 2 is 1.68 bits per heavy atom. The SMILES string of the molecule is [C-]#[N+]c1cc(C)c(C)c(-c2c3ccc([Si](C)(C)C(C)(C)C)cc3cc[n+]2C)c1. The van der Waals surface area contributed by atoms with Crippen LogP contribution in [0.5, 0.6) is 0 Å². The quantitative estimate of drug-likeness (QED) is 0.280. The fourth-order valence-corrected chi connectivity index (χ4v) is 5.56. The molecule has 0 aliphatic rings. The van der Waals surface area contributed by atoms with Crippen LogP contribution >= 0.6 is 0 Å². The Hall–Kier alpha value is -2.44. The smallest absolute Gasteiger partial charge is 0.219 e. The molecule has 0 saturated heterocycles. The van der Waals surface area contributed by atoms with Crippen LogP contribution < -0.4 is 9.75 Å². The van der Waals surface area contributed by atoms with E-state index in [1.165, 1.54) is 32.8 Å². The normalized spacial score (nSPS) is 12.2. The maximum Gasteiger partial charge on any atom is 0.219 e. The molecule has 0 radical (unpaired) electrons. The molecule has 2 aromatic carbocycles. The molecule has 3 rings (SSSR count). The molecule has 28 heavy (non-hydrogen) atoms. The topological polar surface area (TPSA) is 8.24 Å². The van der Waals surface area contributed by atoms with Gasteiger partial charge >= 0.3 is 0 Å². The van der Waals surface area contributed by atoms with Gasteiger partial charge in [-0.15, -0.1) is 0 Å². The predicted octanol–water partition coefficient (Wildman–Crippen LogP) is 6.21. The van der Waals surface area contributed by atoms with Crippen molar-refractivity contribution in [3.63, 3.8) is 0 Å². The van der Waals surface area contributed by atoms with Crippen LogP contribution in [0.4, 0.5) is 5.69 Å². The first-order chi connectivity index (χ1) is 13.0. The van der Waals surface area contributed by atoms with Gasteiger partial charge in [-0.25, -0.2) is 9.41 Å². The van der Waals surface area contributed by atoms with E-state index in [0.717, 1.165) is 5.56 Å². The van der Waals surface area contributed by atoms with Crippen LogP contribution in [0.15, 0.2) is 42.6 Å². The molecule has 0 aliphatic heterocycles. The molecule has 0 aliphatic carbocycles. The third-order valence-corrected chi connectivity index (χ3v) is 12.3. The maximum atomic E-state index is 7.46. The summed E-state index contributed by atoms with van der Waals surface area (Å²) in [6, 6.07) is 13.3. The van der Waals surface area contributed by atoms with Crippen molar-refractivity contribution in [2.45, 2.75) is 52.8 Å². The molecule has 0 amide bonds. The number of nitrogens with zero attached hydrogens (tertiary/aromatic N) is 2. The maximum absolute atomic E-state index is 7.46. The van der Waals surface area contributed by atoms with Crippen molar-refractivity contribution in [3.8, 4) is 11.3 Å². The molecule has 0 unspecified atom stereocenters. The van der Waals surface area contributed by atoms with Gasteiger partial charge in [0.2, 0.25) is 5.69 Å². The van der Waals surface area contributed by atoms with Gasteiger partial charge in [-0.3, -0.25) is 0 Å². The Morgan fingerprint density at radius 3 is 2.29 bits per heavy atom. The highest BCUT2D eigenvalue weighted by Crippen LogP contribution is 2.37. The molecule has 0 saturated carbocycles. The van der Waals surface area contributed by atoms with Crippen LogP contribution in [-0.4, -0.2) is 8.07 Å². The Labute approximate surface area is 170 Å². The van der Waals surface area contributed by atoms with Gasteiger partial charge in [0.05, 0.1) is 20.0 Å². The summed E-state index contributed by atoms with van der Waals surface area (Å²) < 4.78 is 2.18. The van der Waals surface area contributed by atoms with Crippen LogP contribution in [-0.2, 0) is 7.05 Å². The minimum absolute atomic E-state index is 0.306. The monoisotopic (exact) mass is 387 g/mol. The molecule has 144 valence electrons. The summed E-state index contributed by atoms with van der Waals surface area (Å²) in [5, 5.41) is 4.33. The lowest BCUT2D eigenvalue weighted by atomic mass is 9.96. The molecule has 1 heterocycles. The van der Waals surface area contributed by atoms with Crippen molar-refractivity contribution in [1.82, 2.24) is 0 Å². The summed E-state index contributed by atoms with van der Waals surface area (Å²) in [6.07, 6.45) is 2.15. The first-order valence-corrected chi connectivity index (χ1v) is 12.9. The van der Waals surface area contributed by atoms with Gasteiger partial charge in [-0.2, -0.15) is 0 Å². The van der Waals surface area contributed by atoms with Crippen molar-refractivity contribution >= 4 is 29.7 Å². The van der Waals surface area contributed by atoms with Gasteiger partial charge in [0.1, 0.15) is 7.05 Å². The van der Waals surface area contributed by atoms with Crippen LogP contribution in [0.25, 0.3) is 26.9 Å². The Morgan fingerprint density at radius 1 is 1.00 bits per heavy atom. The summed E-state index contributed by atoms with van der Waals surface area (Å²) in [7, 11) is 0.503. The third-order valence-electron chi connectivity index (χ3n) is 6.77. The number of rotatable bonds is 2. The van der Waals surface area contributed by atoms with E-state index in [1.54, 1.807) is 0 Å². The van der Waals surface area contributed by atoms with Gasteiger partial charge in [0, 0.05) is 11.6 Å². The molecule has 3 heteroatoms. The number of fused-ring (bicyclic) bond motifs is 1. The number of hydrogen-bond acceptors (Lipinski definition) is 0. The largest absolute Gasteiger partial charge is 0.238 e. The van der Waals surface area contributed by atoms with Crippen LogP contribution in [0.1, 0.15) is 31.9 Å². The van der Waals surface area contributed by atoms with E-state index in [0.29, 0.717) is 10.7 Å². The van der Waals surface area contributed by atoms with Gasteiger partial charge < -0.3 is 0 Å². The number of benzene rings is 2. The second-order valence-corrected chi connectivity index (χ2v) is 14.8. The average Bonchev–Trinajstić information content (AvgIpc) is 2.63. The number of hydrogen-bond donors (Lipinski definition) is 0. The zero-order valence-corrected chi connectivity index (χ0v) is 19.4. The first-order valence-electron chi connectivity index (χ1n) is 9.89. The lowest BCUT2D eigenvalue weighted by molar-refractivity contribution is -0.659. The van der Waals surface area contributed by atoms with Crippen LogP contribution in [0, 0.1) is 20.4 Å². The first kappa shape index (κ1) is 20.3. The van der Waals surface area contributed by atoms with Crippen molar-refractivity contribution in [2.75, 3.05) is 0 Å². The highest BCUT2D eigenvalue weighted by Gasteiger charge is 2.37. The van der Waals surface area contributed by atoms with Crippen molar-refractivity contribution < 1.29 is 4.57 Å². The van der Waals surface area contributed by atoms with Gasteiger partial charge in [-0.1, -0.05) is 62.8 Å². The third kappa shape index (κ3) is 3.27. The minimum atomic E-state index is -1.59. The van der Waals surface area contributed by atoms with Crippen LogP contribution in [0.3, 0.4) is 0 Å². The highest BCUT2D eigenvalue weighted by molar-refractivity contribution is 6.92. The molecule has 0 bridgehead atoms. The van der Waals surface area contributed by atoms with Crippen molar-refractivity contribution in [1.29, 1.82) is 0 Å². The van der Waals surface area contributed by atoms with E-state index in [4.69, 9.17) is 6.57 Å². The lowest BCUT2D eigenvalue weighted by Crippen LogP contribution is -2.49. The molecule has 1 aromatic heterocycles. The molecular weight excluding hydrogens is 356 g/mol. The summed E-state index contributed by atoms with van der Waals surface area (Å²) in [5.41, 5.74) is 5.44. The molecule has 0 spiro atoms. The fourth-order valence-electron chi connectivity index (χ4n) is 3.68. The number of pyridine rings is 1. The lowest BCUT2D eigenvalue weighted by Gasteiger charge is -2.37. The van der Waals surface area contributed by atoms with Crippen molar-refractivity contribution in [3.05, 3.63) is 65.1 Å². The van der Waals surface area contributed by atoms with Crippen LogP contribution in [0.2, 0.25) is 18.1 Å². The van der Waals surface area contributed by atoms with E-state index in [1.807, 2.05) is 12.1 Å². The predicted molar refractivity (Wildman–Crippen MR) is 123 cm³/mol. The summed E-state index contributed by atoms with van der Waals surface area (Å²) in [5.74, 6) is 0. The summed E-state index contributed by atoms with van der Waals surface area (Å²) in [6.45, 7) is 23.7. The Balaban J connectivity index is 2.31.